The minimum absolute atomic E-state index is 0.0794. The van der Waals surface area contributed by atoms with Crippen LogP contribution in [0.1, 0.15) is 12.6 Å². The van der Waals surface area contributed by atoms with E-state index in [4.69, 9.17) is 22.3 Å². The maximum absolute atomic E-state index is 6.25. The highest BCUT2D eigenvalue weighted by Gasteiger charge is 2.15. The number of hydrogen-bond donors (Lipinski definition) is 1. The van der Waals surface area contributed by atoms with Crippen LogP contribution in [0.3, 0.4) is 0 Å². The van der Waals surface area contributed by atoms with Crippen molar-refractivity contribution in [3.05, 3.63) is 59.4 Å². The monoisotopic (exact) mass is 317 g/mol. The Hall–Kier alpha value is -1.49. The van der Waals surface area contributed by atoms with Crippen molar-refractivity contribution in [2.75, 3.05) is 0 Å². The molecule has 0 spiro atoms. The van der Waals surface area contributed by atoms with Crippen LogP contribution >= 0.6 is 23.4 Å². The highest BCUT2D eigenvalue weighted by Crippen LogP contribution is 2.35. The van der Waals surface area contributed by atoms with E-state index in [0.29, 0.717) is 0 Å². The van der Waals surface area contributed by atoms with Gasteiger partial charge in [0.25, 0.3) is 0 Å². The van der Waals surface area contributed by atoms with Crippen LogP contribution in [0.15, 0.2) is 58.6 Å². The molecule has 0 aliphatic rings. The van der Waals surface area contributed by atoms with Crippen LogP contribution in [0.4, 0.5) is 0 Å². The predicted octanol–water partition coefficient (Wildman–Crippen LogP) is 4.03. The van der Waals surface area contributed by atoms with Gasteiger partial charge in [-0.25, -0.2) is 4.98 Å². The van der Waals surface area contributed by atoms with E-state index >= 15 is 0 Å². The van der Waals surface area contributed by atoms with Crippen LogP contribution in [0.25, 0.3) is 5.65 Å². The number of hydrogen-bond acceptors (Lipinski definition) is 3. The Labute approximate surface area is 133 Å². The maximum Gasteiger partial charge on any atom is 0.138 e. The molecular formula is C16H16ClN3S. The van der Waals surface area contributed by atoms with E-state index in [1.807, 2.05) is 55.6 Å². The molecule has 108 valence electrons. The van der Waals surface area contributed by atoms with Crippen LogP contribution in [0.2, 0.25) is 5.02 Å². The third kappa shape index (κ3) is 3.07. The van der Waals surface area contributed by atoms with Gasteiger partial charge >= 0.3 is 0 Å². The lowest BCUT2D eigenvalue weighted by Gasteiger charge is -2.08. The zero-order valence-corrected chi connectivity index (χ0v) is 13.2. The van der Waals surface area contributed by atoms with Gasteiger partial charge in [-0.15, -0.1) is 0 Å². The molecule has 0 saturated heterocycles. The third-order valence-corrected chi connectivity index (χ3v) is 4.69. The fraction of sp³-hybridized carbons (Fsp3) is 0.188. The Morgan fingerprint density at radius 2 is 2.00 bits per heavy atom. The van der Waals surface area contributed by atoms with Crippen molar-refractivity contribution < 1.29 is 0 Å². The number of imidazole rings is 1. The Morgan fingerprint density at radius 3 is 2.76 bits per heavy atom. The van der Waals surface area contributed by atoms with E-state index in [1.165, 1.54) is 0 Å². The van der Waals surface area contributed by atoms with Crippen molar-refractivity contribution in [1.29, 1.82) is 0 Å². The highest BCUT2D eigenvalue weighted by molar-refractivity contribution is 7.99. The number of aromatic nitrogens is 2. The van der Waals surface area contributed by atoms with Gasteiger partial charge in [-0.1, -0.05) is 41.6 Å². The number of rotatable bonds is 4. The lowest BCUT2D eigenvalue weighted by Crippen LogP contribution is -2.19. The average Bonchev–Trinajstić information content (AvgIpc) is 2.79. The minimum Gasteiger partial charge on any atom is -0.328 e. The van der Waals surface area contributed by atoms with E-state index in [2.05, 4.69) is 4.40 Å². The summed E-state index contributed by atoms with van der Waals surface area (Å²) in [6.45, 7) is 2.01. The Morgan fingerprint density at radius 1 is 1.24 bits per heavy atom. The van der Waals surface area contributed by atoms with Crippen molar-refractivity contribution in [1.82, 2.24) is 9.38 Å². The first-order valence-corrected chi connectivity index (χ1v) is 7.98. The number of nitrogens with zero attached hydrogens (tertiary/aromatic N) is 2. The van der Waals surface area contributed by atoms with Crippen LogP contribution in [-0.4, -0.2) is 15.4 Å². The molecule has 0 aliphatic carbocycles. The molecule has 5 heteroatoms. The molecule has 3 nitrogen and oxygen atoms in total. The summed E-state index contributed by atoms with van der Waals surface area (Å²) in [4.78, 5) is 5.72. The maximum atomic E-state index is 6.25. The van der Waals surface area contributed by atoms with Gasteiger partial charge < -0.3 is 10.1 Å². The van der Waals surface area contributed by atoms with Crippen molar-refractivity contribution in [2.45, 2.75) is 29.3 Å². The number of nitrogens with two attached hydrogens (primary N) is 1. The Balaban J connectivity index is 2.07. The Bertz CT molecular complexity index is 767. The number of benzene rings is 1. The van der Waals surface area contributed by atoms with Crippen LogP contribution in [-0.2, 0) is 6.42 Å². The molecule has 2 aromatic heterocycles. The van der Waals surface area contributed by atoms with E-state index in [0.717, 1.165) is 32.7 Å². The van der Waals surface area contributed by atoms with Gasteiger partial charge in [0.05, 0.1) is 10.7 Å². The van der Waals surface area contributed by atoms with Gasteiger partial charge in [-0.3, -0.25) is 0 Å². The number of pyridine rings is 1. The van der Waals surface area contributed by atoms with Crippen LogP contribution < -0.4 is 5.73 Å². The normalized spacial score (nSPS) is 12.7. The Kier molecular flexibility index (Phi) is 4.19. The molecule has 0 amide bonds. The molecule has 0 aliphatic heterocycles. The van der Waals surface area contributed by atoms with E-state index in [9.17, 15) is 0 Å². The van der Waals surface area contributed by atoms with Crippen LogP contribution in [0.5, 0.6) is 0 Å². The van der Waals surface area contributed by atoms with Gasteiger partial charge in [0.15, 0.2) is 0 Å². The molecule has 21 heavy (non-hydrogen) atoms. The van der Waals surface area contributed by atoms with E-state index in [-0.39, 0.29) is 6.04 Å². The molecule has 0 saturated carbocycles. The summed E-state index contributed by atoms with van der Waals surface area (Å²) in [7, 11) is 0. The van der Waals surface area contributed by atoms with Crippen LogP contribution in [0, 0.1) is 0 Å². The molecule has 3 aromatic rings. The zero-order chi connectivity index (χ0) is 14.8. The lowest BCUT2D eigenvalue weighted by atomic mass is 10.2. The molecule has 3 rings (SSSR count). The molecular weight excluding hydrogens is 302 g/mol. The molecule has 1 atom stereocenters. The standard InChI is InChI=1S/C16H16ClN3S/c1-11(18)10-13-16(19-15-8-4-5-9-20(13)15)21-14-7-3-2-6-12(14)17/h2-9,11H,10,18H2,1H3. The summed E-state index contributed by atoms with van der Waals surface area (Å²) in [5, 5.41) is 1.71. The number of fused-ring (bicyclic) bond motifs is 1. The van der Waals surface area contributed by atoms with Crippen molar-refractivity contribution >= 4 is 29.0 Å². The average molecular weight is 318 g/mol. The van der Waals surface area contributed by atoms with Crippen molar-refractivity contribution in [2.24, 2.45) is 5.73 Å². The first-order chi connectivity index (χ1) is 10.1. The van der Waals surface area contributed by atoms with Crippen molar-refractivity contribution in [3.63, 3.8) is 0 Å². The fourth-order valence-electron chi connectivity index (χ4n) is 2.23. The smallest absolute Gasteiger partial charge is 0.138 e. The molecule has 0 bridgehead atoms. The molecule has 0 radical (unpaired) electrons. The summed E-state index contributed by atoms with van der Waals surface area (Å²) in [5.41, 5.74) is 8.05. The number of halogens is 1. The molecule has 2 heterocycles. The molecule has 2 N–H and O–H groups in total. The summed E-state index contributed by atoms with van der Waals surface area (Å²) in [6, 6.07) is 13.9. The summed E-state index contributed by atoms with van der Waals surface area (Å²) >= 11 is 7.84. The lowest BCUT2D eigenvalue weighted by molar-refractivity contribution is 0.705. The first-order valence-electron chi connectivity index (χ1n) is 6.79. The topological polar surface area (TPSA) is 43.3 Å². The van der Waals surface area contributed by atoms with E-state index < -0.39 is 0 Å². The highest BCUT2D eigenvalue weighted by atomic mass is 35.5. The quantitative estimate of drug-likeness (QED) is 0.790. The summed E-state index contributed by atoms with van der Waals surface area (Å²) in [6.07, 6.45) is 2.80. The SMILES string of the molecule is CC(N)Cc1c(Sc2ccccc2Cl)nc2ccccn12. The van der Waals surface area contributed by atoms with Gasteiger partial charge in [-0.05, 0) is 31.2 Å². The second-order valence-electron chi connectivity index (χ2n) is 5.01. The minimum atomic E-state index is 0.0794. The van der Waals surface area contributed by atoms with Crippen molar-refractivity contribution in [3.8, 4) is 0 Å². The third-order valence-electron chi connectivity index (χ3n) is 3.15. The van der Waals surface area contributed by atoms with E-state index in [1.54, 1.807) is 11.8 Å². The fourth-order valence-corrected chi connectivity index (χ4v) is 3.44. The summed E-state index contributed by atoms with van der Waals surface area (Å²) in [5.74, 6) is 0. The van der Waals surface area contributed by atoms with Gasteiger partial charge in [0.2, 0.25) is 0 Å². The summed E-state index contributed by atoms with van der Waals surface area (Å²) < 4.78 is 2.10. The van der Waals surface area contributed by atoms with Gasteiger partial charge in [0.1, 0.15) is 10.7 Å². The zero-order valence-electron chi connectivity index (χ0n) is 11.7. The largest absolute Gasteiger partial charge is 0.328 e. The molecule has 1 aromatic carbocycles. The van der Waals surface area contributed by atoms with Gasteiger partial charge in [-0.2, -0.15) is 0 Å². The molecule has 1 unspecified atom stereocenters. The van der Waals surface area contributed by atoms with Gasteiger partial charge in [0, 0.05) is 23.6 Å². The predicted molar refractivity (Wildman–Crippen MR) is 88.1 cm³/mol. The second kappa shape index (κ2) is 6.10. The first kappa shape index (κ1) is 14.4. The molecule has 0 fully saturated rings. The second-order valence-corrected chi connectivity index (χ2v) is 6.44.